The van der Waals surface area contributed by atoms with Crippen molar-refractivity contribution in [2.45, 2.75) is 13.0 Å². The SMILES string of the molecule is COCC(C)Oc1nc(C(=O)O)cc2ccccc12. The van der Waals surface area contributed by atoms with Crippen LogP contribution in [0.25, 0.3) is 10.8 Å². The van der Waals surface area contributed by atoms with Crippen molar-refractivity contribution >= 4 is 16.7 Å². The summed E-state index contributed by atoms with van der Waals surface area (Å²) in [5.74, 6) is -0.755. The van der Waals surface area contributed by atoms with E-state index in [-0.39, 0.29) is 11.8 Å². The van der Waals surface area contributed by atoms with Gasteiger partial charge in [-0.2, -0.15) is 0 Å². The van der Waals surface area contributed by atoms with E-state index in [0.29, 0.717) is 12.5 Å². The van der Waals surface area contributed by atoms with Gasteiger partial charge in [0.15, 0.2) is 5.69 Å². The highest BCUT2D eigenvalue weighted by Crippen LogP contribution is 2.25. The Balaban J connectivity index is 2.47. The lowest BCUT2D eigenvalue weighted by Gasteiger charge is -2.15. The van der Waals surface area contributed by atoms with Gasteiger partial charge in [-0.05, 0) is 24.4 Å². The van der Waals surface area contributed by atoms with E-state index in [1.54, 1.807) is 7.11 Å². The first-order valence-electron chi connectivity index (χ1n) is 5.90. The van der Waals surface area contributed by atoms with E-state index < -0.39 is 5.97 Å². The normalized spacial score (nSPS) is 12.3. The lowest BCUT2D eigenvalue weighted by Crippen LogP contribution is -2.19. The fourth-order valence-electron chi connectivity index (χ4n) is 1.83. The molecule has 0 saturated carbocycles. The molecule has 5 nitrogen and oxygen atoms in total. The second kappa shape index (κ2) is 5.67. The quantitative estimate of drug-likeness (QED) is 0.894. The molecule has 1 unspecified atom stereocenters. The van der Waals surface area contributed by atoms with Gasteiger partial charge in [0.25, 0.3) is 0 Å². The predicted molar refractivity (Wildman–Crippen MR) is 70.7 cm³/mol. The number of carboxylic acid groups (broad SMARTS) is 1. The third-order valence-corrected chi connectivity index (χ3v) is 2.64. The van der Waals surface area contributed by atoms with E-state index >= 15 is 0 Å². The van der Waals surface area contributed by atoms with Crippen LogP contribution in [0.2, 0.25) is 0 Å². The Hall–Kier alpha value is -2.14. The van der Waals surface area contributed by atoms with Crippen LogP contribution in [0.3, 0.4) is 0 Å². The first-order valence-corrected chi connectivity index (χ1v) is 5.90. The number of carbonyl (C=O) groups is 1. The highest BCUT2D eigenvalue weighted by atomic mass is 16.5. The highest BCUT2D eigenvalue weighted by molar-refractivity contribution is 5.94. The van der Waals surface area contributed by atoms with Crippen molar-refractivity contribution in [1.29, 1.82) is 0 Å². The maximum Gasteiger partial charge on any atom is 0.354 e. The van der Waals surface area contributed by atoms with Crippen LogP contribution in [0.15, 0.2) is 30.3 Å². The van der Waals surface area contributed by atoms with Crippen LogP contribution in [0.5, 0.6) is 5.88 Å². The van der Waals surface area contributed by atoms with Crippen molar-refractivity contribution in [3.63, 3.8) is 0 Å². The fraction of sp³-hybridized carbons (Fsp3) is 0.286. The van der Waals surface area contributed by atoms with Gasteiger partial charge in [-0.15, -0.1) is 0 Å². The summed E-state index contributed by atoms with van der Waals surface area (Å²) >= 11 is 0. The number of hydrogen-bond acceptors (Lipinski definition) is 4. The summed E-state index contributed by atoms with van der Waals surface area (Å²) in [6.07, 6.45) is -0.204. The van der Waals surface area contributed by atoms with Gasteiger partial charge in [0.2, 0.25) is 5.88 Å². The molecule has 2 aromatic rings. The van der Waals surface area contributed by atoms with Crippen molar-refractivity contribution in [1.82, 2.24) is 4.98 Å². The lowest BCUT2D eigenvalue weighted by molar-refractivity contribution is 0.0684. The zero-order chi connectivity index (χ0) is 13.8. The molecule has 1 N–H and O–H groups in total. The van der Waals surface area contributed by atoms with Crippen LogP contribution < -0.4 is 4.74 Å². The molecule has 1 aromatic heterocycles. The number of nitrogens with zero attached hydrogens (tertiary/aromatic N) is 1. The van der Waals surface area contributed by atoms with Crippen molar-refractivity contribution in [3.05, 3.63) is 36.0 Å². The molecule has 0 aliphatic rings. The maximum absolute atomic E-state index is 11.1. The molecule has 2 rings (SSSR count). The predicted octanol–water partition coefficient (Wildman–Crippen LogP) is 2.35. The van der Waals surface area contributed by atoms with Crippen LogP contribution in [-0.2, 0) is 4.74 Å². The van der Waals surface area contributed by atoms with Crippen LogP contribution in [0, 0.1) is 0 Å². The Morgan fingerprint density at radius 3 is 2.84 bits per heavy atom. The largest absolute Gasteiger partial charge is 0.477 e. The van der Waals surface area contributed by atoms with Crippen LogP contribution in [0.4, 0.5) is 0 Å². The first kappa shape index (κ1) is 13.3. The molecule has 0 radical (unpaired) electrons. The zero-order valence-corrected chi connectivity index (χ0v) is 10.8. The van der Waals surface area contributed by atoms with Crippen molar-refractivity contribution < 1.29 is 19.4 Å². The van der Waals surface area contributed by atoms with E-state index in [9.17, 15) is 4.79 Å². The number of fused-ring (bicyclic) bond motifs is 1. The molecule has 1 aromatic carbocycles. The van der Waals surface area contributed by atoms with Gasteiger partial charge in [-0.25, -0.2) is 9.78 Å². The molecule has 0 fully saturated rings. The second-order valence-electron chi connectivity index (χ2n) is 4.22. The Bertz CT molecular complexity index is 597. The van der Waals surface area contributed by atoms with Gasteiger partial charge in [0.05, 0.1) is 6.61 Å². The summed E-state index contributed by atoms with van der Waals surface area (Å²) in [5.41, 5.74) is -0.0293. The number of pyridine rings is 1. The maximum atomic E-state index is 11.1. The first-order chi connectivity index (χ1) is 9.11. The van der Waals surface area contributed by atoms with Gasteiger partial charge in [0.1, 0.15) is 6.10 Å². The van der Waals surface area contributed by atoms with Crippen molar-refractivity contribution in [3.8, 4) is 5.88 Å². The Labute approximate surface area is 110 Å². The number of hydrogen-bond donors (Lipinski definition) is 1. The van der Waals surface area contributed by atoms with Crippen LogP contribution in [-0.4, -0.2) is 35.9 Å². The fourth-order valence-corrected chi connectivity index (χ4v) is 1.83. The van der Waals surface area contributed by atoms with E-state index in [0.717, 1.165) is 10.8 Å². The molecule has 0 spiro atoms. The Morgan fingerprint density at radius 1 is 1.42 bits per heavy atom. The zero-order valence-electron chi connectivity index (χ0n) is 10.8. The number of ether oxygens (including phenoxy) is 2. The smallest absolute Gasteiger partial charge is 0.354 e. The van der Waals surface area contributed by atoms with Gasteiger partial charge in [0, 0.05) is 12.5 Å². The van der Waals surface area contributed by atoms with Crippen molar-refractivity contribution in [2.75, 3.05) is 13.7 Å². The van der Waals surface area contributed by atoms with E-state index in [1.165, 1.54) is 6.07 Å². The molecule has 100 valence electrons. The number of carboxylic acids is 1. The molecule has 0 saturated heterocycles. The van der Waals surface area contributed by atoms with Gasteiger partial charge >= 0.3 is 5.97 Å². The minimum Gasteiger partial charge on any atom is -0.477 e. The molecule has 1 heterocycles. The molecular weight excluding hydrogens is 246 g/mol. The number of rotatable bonds is 5. The molecule has 0 aliphatic carbocycles. The average molecular weight is 261 g/mol. The van der Waals surface area contributed by atoms with Crippen molar-refractivity contribution in [2.24, 2.45) is 0 Å². The molecule has 0 aliphatic heterocycles. The molecule has 0 bridgehead atoms. The molecule has 0 amide bonds. The Kier molecular flexibility index (Phi) is 3.97. The minimum absolute atomic E-state index is 0.0293. The molecule has 5 heteroatoms. The summed E-state index contributed by atoms with van der Waals surface area (Å²) in [5, 5.41) is 10.6. The summed E-state index contributed by atoms with van der Waals surface area (Å²) in [4.78, 5) is 15.1. The third kappa shape index (κ3) is 3.00. The second-order valence-corrected chi connectivity index (χ2v) is 4.22. The number of aromatic carboxylic acids is 1. The van der Waals surface area contributed by atoms with E-state index in [1.807, 2.05) is 31.2 Å². The summed E-state index contributed by atoms with van der Waals surface area (Å²) < 4.78 is 10.7. The van der Waals surface area contributed by atoms with Gasteiger partial charge < -0.3 is 14.6 Å². The molecule has 19 heavy (non-hydrogen) atoms. The summed E-state index contributed by atoms with van der Waals surface area (Å²) in [6, 6.07) is 8.92. The topological polar surface area (TPSA) is 68.7 Å². The minimum atomic E-state index is -1.07. The standard InChI is InChI=1S/C14H15NO4/c1-9(8-18-2)19-13-11-6-4-3-5-10(11)7-12(15-13)14(16)17/h3-7,9H,8H2,1-2H3,(H,16,17). The van der Waals surface area contributed by atoms with Crippen LogP contribution >= 0.6 is 0 Å². The summed E-state index contributed by atoms with van der Waals surface area (Å²) in [7, 11) is 1.58. The summed E-state index contributed by atoms with van der Waals surface area (Å²) in [6.45, 7) is 2.25. The number of aromatic nitrogens is 1. The molecular formula is C14H15NO4. The van der Waals surface area contributed by atoms with Crippen LogP contribution in [0.1, 0.15) is 17.4 Å². The van der Waals surface area contributed by atoms with E-state index in [2.05, 4.69) is 4.98 Å². The number of benzene rings is 1. The third-order valence-electron chi connectivity index (χ3n) is 2.64. The Morgan fingerprint density at radius 2 is 2.16 bits per heavy atom. The monoisotopic (exact) mass is 261 g/mol. The number of methoxy groups -OCH3 is 1. The average Bonchev–Trinajstić information content (AvgIpc) is 2.38. The highest BCUT2D eigenvalue weighted by Gasteiger charge is 2.13. The van der Waals surface area contributed by atoms with E-state index in [4.69, 9.17) is 14.6 Å². The van der Waals surface area contributed by atoms with Gasteiger partial charge in [-0.1, -0.05) is 18.2 Å². The lowest BCUT2D eigenvalue weighted by atomic mass is 10.1. The molecule has 1 atom stereocenters. The van der Waals surface area contributed by atoms with Gasteiger partial charge in [-0.3, -0.25) is 0 Å².